The molecule has 0 bridgehead atoms. The Morgan fingerprint density at radius 3 is 2.21 bits per heavy atom. The van der Waals surface area contributed by atoms with Gasteiger partial charge in [-0.15, -0.1) is 0 Å². The molecule has 0 amide bonds. The molecule has 4 heteroatoms. The normalized spacial score (nSPS) is 20.2. The van der Waals surface area contributed by atoms with E-state index < -0.39 is 12.1 Å². The molecule has 0 saturated heterocycles. The fraction of sp³-hybridized carbons (Fsp3) is 0.800. The first-order valence-corrected chi connectivity index (χ1v) is 9.60. The third-order valence-electron chi connectivity index (χ3n) is 4.21. The lowest BCUT2D eigenvalue weighted by Gasteiger charge is -2.00. The number of Topliss-reactive ketones (excluding diaryl/α,β-unsaturated/α-hetero) is 1. The van der Waals surface area contributed by atoms with E-state index in [9.17, 15) is 14.7 Å². The smallest absolute Gasteiger partial charge is 0.303 e. The average Bonchev–Trinajstić information content (AvgIpc) is 2.85. The first-order chi connectivity index (χ1) is 11.5. The number of hydrogen-bond donors (Lipinski definition) is 2. The number of carboxylic acids is 1. The molecule has 1 aliphatic carbocycles. The summed E-state index contributed by atoms with van der Waals surface area (Å²) in [5.74, 6) is -0.482. The third kappa shape index (κ3) is 13.3. The Morgan fingerprint density at radius 1 is 1.08 bits per heavy atom. The molecule has 0 aliphatic heterocycles. The standard InChI is InChI=1S/C13H22O2.C7H14O2/c1-2-3-4-5-6-7-8-11-9-12(14)10-13(11)15;1-2-3-4-5-6-7(8)9/h7-8,11-12,14H,2-6,9-10H2,1H3;2-6H2,1H3,(H,8,9)/b8-7+;/t11?,12-;/m0./s1. The number of aliphatic carboxylic acids is 1. The van der Waals surface area contributed by atoms with Gasteiger partial charge < -0.3 is 10.2 Å². The summed E-state index contributed by atoms with van der Waals surface area (Å²) in [6.45, 7) is 4.31. The number of allylic oxidation sites excluding steroid dienone is 2. The first kappa shape index (κ1) is 22.8. The summed E-state index contributed by atoms with van der Waals surface area (Å²) in [5.41, 5.74) is 0. The third-order valence-corrected chi connectivity index (χ3v) is 4.21. The fourth-order valence-corrected chi connectivity index (χ4v) is 2.73. The van der Waals surface area contributed by atoms with Crippen LogP contribution in [0.25, 0.3) is 0 Å². The van der Waals surface area contributed by atoms with E-state index in [-0.39, 0.29) is 11.7 Å². The van der Waals surface area contributed by atoms with Crippen LogP contribution in [0.2, 0.25) is 0 Å². The highest BCUT2D eigenvalue weighted by Gasteiger charge is 2.28. The zero-order valence-corrected chi connectivity index (χ0v) is 15.5. The molecule has 0 aromatic carbocycles. The number of carboxylic acid groups (broad SMARTS) is 1. The van der Waals surface area contributed by atoms with Gasteiger partial charge in [0.1, 0.15) is 5.78 Å². The van der Waals surface area contributed by atoms with Crippen LogP contribution in [0.15, 0.2) is 12.2 Å². The SMILES string of the molecule is CCCCCC/C=C/C1C[C@H](O)CC1=O.CCCCCCC(=O)O. The minimum absolute atomic E-state index is 0.00817. The van der Waals surface area contributed by atoms with Crippen LogP contribution >= 0.6 is 0 Å². The predicted octanol–water partition coefficient (Wildman–Crippen LogP) is 4.89. The summed E-state index contributed by atoms with van der Waals surface area (Å²) in [4.78, 5) is 21.3. The van der Waals surface area contributed by atoms with E-state index in [1.165, 1.54) is 32.1 Å². The van der Waals surface area contributed by atoms with Crippen LogP contribution in [0, 0.1) is 5.92 Å². The van der Waals surface area contributed by atoms with Gasteiger partial charge in [-0.05, 0) is 25.7 Å². The summed E-state index contributed by atoms with van der Waals surface area (Å²) < 4.78 is 0. The Labute approximate surface area is 147 Å². The van der Waals surface area contributed by atoms with Crippen molar-refractivity contribution in [3.05, 3.63) is 12.2 Å². The van der Waals surface area contributed by atoms with Crippen molar-refractivity contribution in [1.29, 1.82) is 0 Å². The summed E-state index contributed by atoms with van der Waals surface area (Å²) in [6, 6.07) is 0. The molecule has 0 aromatic heterocycles. The zero-order valence-electron chi connectivity index (χ0n) is 15.5. The molecule has 2 N–H and O–H groups in total. The van der Waals surface area contributed by atoms with Gasteiger partial charge in [-0.2, -0.15) is 0 Å². The van der Waals surface area contributed by atoms with Crippen molar-refractivity contribution in [2.24, 2.45) is 5.92 Å². The van der Waals surface area contributed by atoms with Gasteiger partial charge in [-0.25, -0.2) is 0 Å². The first-order valence-electron chi connectivity index (χ1n) is 9.60. The average molecular weight is 341 g/mol. The maximum absolute atomic E-state index is 11.3. The van der Waals surface area contributed by atoms with E-state index in [0.717, 1.165) is 25.7 Å². The van der Waals surface area contributed by atoms with Gasteiger partial charge in [0.25, 0.3) is 0 Å². The lowest BCUT2D eigenvalue weighted by Crippen LogP contribution is -2.01. The van der Waals surface area contributed by atoms with Gasteiger partial charge in [0.15, 0.2) is 0 Å². The van der Waals surface area contributed by atoms with Gasteiger partial charge >= 0.3 is 5.97 Å². The Morgan fingerprint density at radius 2 is 1.71 bits per heavy atom. The maximum Gasteiger partial charge on any atom is 0.303 e. The Kier molecular flexibility index (Phi) is 14.6. The quantitative estimate of drug-likeness (QED) is 0.414. The van der Waals surface area contributed by atoms with Crippen molar-refractivity contribution >= 4 is 11.8 Å². The van der Waals surface area contributed by atoms with Gasteiger partial charge in [-0.1, -0.05) is 64.5 Å². The molecule has 140 valence electrons. The summed E-state index contributed by atoms with van der Waals surface area (Å²) >= 11 is 0. The van der Waals surface area contributed by atoms with E-state index >= 15 is 0 Å². The molecule has 24 heavy (non-hydrogen) atoms. The second-order valence-electron chi connectivity index (χ2n) is 6.65. The summed E-state index contributed by atoms with van der Waals surface area (Å²) in [6.07, 6.45) is 15.4. The number of hydrogen-bond acceptors (Lipinski definition) is 3. The van der Waals surface area contributed by atoms with E-state index in [2.05, 4.69) is 19.9 Å². The van der Waals surface area contributed by atoms with Gasteiger partial charge in [-0.3, -0.25) is 9.59 Å². The molecule has 2 atom stereocenters. The minimum atomic E-state index is -0.675. The Bertz CT molecular complexity index is 363. The minimum Gasteiger partial charge on any atom is -0.481 e. The van der Waals surface area contributed by atoms with Crippen LogP contribution in [-0.4, -0.2) is 28.1 Å². The zero-order chi connectivity index (χ0) is 18.2. The Balaban J connectivity index is 0.000000506. The molecule has 0 aromatic rings. The molecule has 4 nitrogen and oxygen atoms in total. The van der Waals surface area contributed by atoms with Crippen molar-refractivity contribution in [2.75, 3.05) is 0 Å². The number of aliphatic hydroxyl groups excluding tert-OH is 1. The molecule has 1 saturated carbocycles. The fourth-order valence-electron chi connectivity index (χ4n) is 2.73. The van der Waals surface area contributed by atoms with Gasteiger partial charge in [0.05, 0.1) is 6.10 Å². The molecule has 1 fully saturated rings. The molecular formula is C20H36O4. The van der Waals surface area contributed by atoms with Crippen molar-refractivity contribution in [1.82, 2.24) is 0 Å². The van der Waals surface area contributed by atoms with Crippen molar-refractivity contribution in [3.63, 3.8) is 0 Å². The second kappa shape index (κ2) is 15.4. The molecule has 0 radical (unpaired) electrons. The van der Waals surface area contributed by atoms with Crippen LogP contribution in [0.4, 0.5) is 0 Å². The number of ketones is 1. The molecule has 1 aliphatic rings. The van der Waals surface area contributed by atoms with Gasteiger partial charge in [0.2, 0.25) is 0 Å². The van der Waals surface area contributed by atoms with Crippen molar-refractivity contribution in [3.8, 4) is 0 Å². The Hall–Kier alpha value is -1.16. The maximum atomic E-state index is 11.3. The molecule has 0 spiro atoms. The number of carbonyl (C=O) groups excluding carboxylic acids is 1. The van der Waals surface area contributed by atoms with E-state index in [0.29, 0.717) is 19.3 Å². The van der Waals surface area contributed by atoms with Gasteiger partial charge in [0, 0.05) is 18.8 Å². The number of aliphatic hydroxyl groups is 1. The van der Waals surface area contributed by atoms with Crippen LogP contribution in [0.1, 0.15) is 90.9 Å². The molecule has 1 unspecified atom stereocenters. The molecule has 0 heterocycles. The largest absolute Gasteiger partial charge is 0.481 e. The summed E-state index contributed by atoms with van der Waals surface area (Å²) in [5, 5.41) is 17.5. The van der Waals surface area contributed by atoms with E-state index in [4.69, 9.17) is 5.11 Å². The lowest BCUT2D eigenvalue weighted by atomic mass is 10.1. The molecular weight excluding hydrogens is 304 g/mol. The number of rotatable bonds is 11. The van der Waals surface area contributed by atoms with Crippen LogP contribution < -0.4 is 0 Å². The topological polar surface area (TPSA) is 74.6 Å². The predicted molar refractivity (Wildman–Crippen MR) is 98.0 cm³/mol. The monoisotopic (exact) mass is 340 g/mol. The highest BCUT2D eigenvalue weighted by Crippen LogP contribution is 2.23. The van der Waals surface area contributed by atoms with Crippen molar-refractivity contribution < 1.29 is 19.8 Å². The molecule has 1 rings (SSSR count). The number of carbonyl (C=O) groups is 2. The van der Waals surface area contributed by atoms with E-state index in [1.807, 2.05) is 6.08 Å². The summed E-state index contributed by atoms with van der Waals surface area (Å²) in [7, 11) is 0. The lowest BCUT2D eigenvalue weighted by molar-refractivity contribution is -0.137. The second-order valence-corrected chi connectivity index (χ2v) is 6.65. The van der Waals surface area contributed by atoms with Crippen LogP contribution in [0.5, 0.6) is 0 Å². The highest BCUT2D eigenvalue weighted by atomic mass is 16.4. The number of unbranched alkanes of at least 4 members (excludes halogenated alkanes) is 7. The van der Waals surface area contributed by atoms with Crippen LogP contribution in [0.3, 0.4) is 0 Å². The van der Waals surface area contributed by atoms with Crippen molar-refractivity contribution in [2.45, 2.75) is 97.0 Å². The van der Waals surface area contributed by atoms with Crippen LogP contribution in [-0.2, 0) is 9.59 Å². The van der Waals surface area contributed by atoms with E-state index in [1.54, 1.807) is 0 Å². The highest BCUT2D eigenvalue weighted by molar-refractivity contribution is 5.85.